The van der Waals surface area contributed by atoms with E-state index in [9.17, 15) is 24.3 Å². The van der Waals surface area contributed by atoms with E-state index >= 15 is 0 Å². The molecule has 0 spiro atoms. The molecule has 9 heteroatoms. The average Bonchev–Trinajstić information content (AvgIpc) is 2.60. The van der Waals surface area contributed by atoms with Crippen LogP contribution in [-0.4, -0.2) is 41.6 Å². The van der Waals surface area contributed by atoms with Gasteiger partial charge in [-0.2, -0.15) is 0 Å². The summed E-state index contributed by atoms with van der Waals surface area (Å²) < 4.78 is 15.4. The second-order valence-corrected chi connectivity index (χ2v) is 7.54. The second-order valence-electron chi connectivity index (χ2n) is 7.54. The molecule has 0 aromatic heterocycles. The van der Waals surface area contributed by atoms with E-state index in [1.165, 1.54) is 32.0 Å². The fraction of sp³-hybridized carbons (Fsp3) is 0.524. The van der Waals surface area contributed by atoms with Gasteiger partial charge in [0.1, 0.15) is 6.04 Å². The van der Waals surface area contributed by atoms with Crippen LogP contribution in [0.2, 0.25) is 0 Å². The predicted octanol–water partition coefficient (Wildman–Crippen LogP) is 2.26. The van der Waals surface area contributed by atoms with E-state index in [0.29, 0.717) is 5.56 Å². The Balaban J connectivity index is 3.23. The summed E-state index contributed by atoms with van der Waals surface area (Å²) in [6.45, 7) is 7.82. The number of ether oxygens (including phenoxy) is 3. The average molecular weight is 423 g/mol. The summed E-state index contributed by atoms with van der Waals surface area (Å²) >= 11 is 0. The molecule has 0 aliphatic carbocycles. The monoisotopic (exact) mass is 423 g/mol. The Morgan fingerprint density at radius 2 is 1.57 bits per heavy atom. The van der Waals surface area contributed by atoms with Gasteiger partial charge in [0.2, 0.25) is 0 Å². The summed E-state index contributed by atoms with van der Waals surface area (Å²) in [5.41, 5.74) is 6.35. The van der Waals surface area contributed by atoms with E-state index in [4.69, 9.17) is 19.9 Å². The molecule has 0 saturated carbocycles. The maximum absolute atomic E-state index is 11.9. The lowest BCUT2D eigenvalue weighted by atomic mass is 9.82. The van der Waals surface area contributed by atoms with Crippen molar-refractivity contribution in [2.75, 3.05) is 6.61 Å². The number of aliphatic carboxylic acids is 1. The van der Waals surface area contributed by atoms with Gasteiger partial charge in [0.15, 0.2) is 11.5 Å². The van der Waals surface area contributed by atoms with Crippen molar-refractivity contribution in [1.82, 2.24) is 0 Å². The van der Waals surface area contributed by atoms with Gasteiger partial charge >= 0.3 is 23.9 Å². The van der Waals surface area contributed by atoms with Crippen LogP contribution >= 0.6 is 0 Å². The Labute approximate surface area is 175 Å². The van der Waals surface area contributed by atoms with Gasteiger partial charge in [0.25, 0.3) is 0 Å². The Morgan fingerprint density at radius 1 is 1.00 bits per heavy atom. The SMILES string of the molecule is CC(=O)Oc1ccc(C(C(C)COC(=O)CC(C)C)[C@H](N)C(=O)O)cc1OC(C)=O. The van der Waals surface area contributed by atoms with Crippen molar-refractivity contribution in [3.05, 3.63) is 23.8 Å². The van der Waals surface area contributed by atoms with E-state index in [1.54, 1.807) is 6.92 Å². The number of hydrogen-bond donors (Lipinski definition) is 2. The summed E-state index contributed by atoms with van der Waals surface area (Å²) in [6, 6.07) is 3.02. The zero-order chi connectivity index (χ0) is 23.0. The summed E-state index contributed by atoms with van der Waals surface area (Å²) in [5.74, 6) is -4.00. The maximum atomic E-state index is 11.9. The van der Waals surface area contributed by atoms with Gasteiger partial charge < -0.3 is 25.1 Å². The summed E-state index contributed by atoms with van der Waals surface area (Å²) in [4.78, 5) is 46.2. The minimum atomic E-state index is -1.31. The van der Waals surface area contributed by atoms with Crippen LogP contribution in [0.3, 0.4) is 0 Å². The van der Waals surface area contributed by atoms with Gasteiger partial charge in [0, 0.05) is 26.2 Å². The topological polar surface area (TPSA) is 142 Å². The highest BCUT2D eigenvalue weighted by Gasteiger charge is 2.32. The van der Waals surface area contributed by atoms with Crippen LogP contribution in [0.4, 0.5) is 0 Å². The summed E-state index contributed by atoms with van der Waals surface area (Å²) in [5, 5.41) is 9.46. The van der Waals surface area contributed by atoms with Crippen LogP contribution in [0.5, 0.6) is 11.5 Å². The molecule has 1 aromatic rings. The van der Waals surface area contributed by atoms with E-state index in [1.807, 2.05) is 13.8 Å². The molecule has 9 nitrogen and oxygen atoms in total. The Morgan fingerprint density at radius 3 is 2.07 bits per heavy atom. The molecule has 30 heavy (non-hydrogen) atoms. The first-order chi connectivity index (χ1) is 13.9. The number of nitrogens with two attached hydrogens (primary N) is 1. The third kappa shape index (κ3) is 7.82. The van der Waals surface area contributed by atoms with Gasteiger partial charge in [0.05, 0.1) is 6.61 Å². The Bertz CT molecular complexity index is 789. The van der Waals surface area contributed by atoms with Crippen LogP contribution in [0.25, 0.3) is 0 Å². The van der Waals surface area contributed by atoms with Crippen molar-refractivity contribution in [1.29, 1.82) is 0 Å². The highest BCUT2D eigenvalue weighted by Crippen LogP contribution is 2.35. The number of carboxylic acids is 1. The van der Waals surface area contributed by atoms with Crippen molar-refractivity contribution >= 4 is 23.9 Å². The molecule has 1 rings (SSSR count). The van der Waals surface area contributed by atoms with Gasteiger partial charge in [-0.1, -0.05) is 26.8 Å². The van der Waals surface area contributed by atoms with Crippen molar-refractivity contribution in [3.63, 3.8) is 0 Å². The lowest BCUT2D eigenvalue weighted by Crippen LogP contribution is -2.40. The number of esters is 3. The number of rotatable bonds is 10. The molecule has 0 bridgehead atoms. The number of carboxylic acid groups (broad SMARTS) is 1. The van der Waals surface area contributed by atoms with Crippen LogP contribution in [0, 0.1) is 11.8 Å². The standard InChI is InChI=1S/C21H29NO8/c1-11(2)8-18(25)28-10-12(3)19(20(22)21(26)27)15-6-7-16(29-13(4)23)17(9-15)30-14(5)24/h6-7,9,11-12,19-20H,8,10,22H2,1-5H3,(H,26,27)/t12?,19?,20-/m0/s1. The molecular formula is C21H29NO8. The summed E-state index contributed by atoms with van der Waals surface area (Å²) in [7, 11) is 0. The maximum Gasteiger partial charge on any atom is 0.321 e. The molecule has 3 N–H and O–H groups in total. The second kappa shape index (κ2) is 11.3. The molecule has 166 valence electrons. The number of hydrogen-bond acceptors (Lipinski definition) is 8. The largest absolute Gasteiger partial charge is 0.480 e. The van der Waals surface area contributed by atoms with Gasteiger partial charge in [-0.15, -0.1) is 0 Å². The molecule has 0 heterocycles. The molecule has 0 fully saturated rings. The molecule has 1 aromatic carbocycles. The van der Waals surface area contributed by atoms with Crippen LogP contribution < -0.4 is 15.2 Å². The lowest BCUT2D eigenvalue weighted by Gasteiger charge is -2.28. The lowest BCUT2D eigenvalue weighted by molar-refractivity contribution is -0.146. The quantitative estimate of drug-likeness (QED) is 0.428. The van der Waals surface area contributed by atoms with Crippen LogP contribution in [0.15, 0.2) is 18.2 Å². The first kappa shape index (κ1) is 25.1. The molecule has 0 amide bonds. The van der Waals surface area contributed by atoms with Crippen molar-refractivity contribution in [2.24, 2.45) is 17.6 Å². The van der Waals surface area contributed by atoms with E-state index < -0.39 is 35.8 Å². The third-order valence-corrected chi connectivity index (χ3v) is 4.23. The fourth-order valence-corrected chi connectivity index (χ4v) is 2.97. The normalized spacial score (nSPS) is 13.8. The van der Waals surface area contributed by atoms with Crippen molar-refractivity contribution < 1.29 is 38.5 Å². The van der Waals surface area contributed by atoms with Crippen molar-refractivity contribution in [3.8, 4) is 11.5 Å². The van der Waals surface area contributed by atoms with Crippen LogP contribution in [0.1, 0.15) is 52.5 Å². The van der Waals surface area contributed by atoms with E-state index in [0.717, 1.165) is 0 Å². The summed E-state index contributed by atoms with van der Waals surface area (Å²) in [6.07, 6.45) is 0.246. The first-order valence-electron chi connectivity index (χ1n) is 9.57. The fourth-order valence-electron chi connectivity index (χ4n) is 2.97. The number of carbonyl (C=O) groups excluding carboxylic acids is 3. The highest BCUT2D eigenvalue weighted by atomic mass is 16.6. The number of carbonyl (C=O) groups is 4. The third-order valence-electron chi connectivity index (χ3n) is 4.23. The Hall–Kier alpha value is -2.94. The van der Waals surface area contributed by atoms with Crippen molar-refractivity contribution in [2.45, 2.75) is 53.0 Å². The van der Waals surface area contributed by atoms with Gasteiger partial charge in [-0.05, 0) is 29.5 Å². The molecule has 0 saturated heterocycles. The highest BCUT2D eigenvalue weighted by molar-refractivity contribution is 5.76. The van der Waals surface area contributed by atoms with E-state index in [2.05, 4.69) is 0 Å². The predicted molar refractivity (Wildman–Crippen MR) is 107 cm³/mol. The zero-order valence-corrected chi connectivity index (χ0v) is 17.8. The minimum Gasteiger partial charge on any atom is -0.480 e. The first-order valence-corrected chi connectivity index (χ1v) is 9.57. The molecule has 2 unspecified atom stereocenters. The number of benzene rings is 1. The zero-order valence-electron chi connectivity index (χ0n) is 17.8. The molecule has 0 radical (unpaired) electrons. The van der Waals surface area contributed by atoms with E-state index in [-0.39, 0.29) is 36.4 Å². The smallest absolute Gasteiger partial charge is 0.321 e. The molecule has 0 aliphatic heterocycles. The van der Waals surface area contributed by atoms with Crippen LogP contribution in [-0.2, 0) is 23.9 Å². The Kier molecular flexibility index (Phi) is 9.45. The molecule has 3 atom stereocenters. The van der Waals surface area contributed by atoms with Gasteiger partial charge in [-0.25, -0.2) is 0 Å². The van der Waals surface area contributed by atoms with Gasteiger partial charge in [-0.3, -0.25) is 19.2 Å². The minimum absolute atomic E-state index is 0.0140. The molecular weight excluding hydrogens is 394 g/mol. The molecule has 0 aliphatic rings.